The van der Waals surface area contributed by atoms with Crippen LogP contribution in [0.15, 0.2) is 81.2 Å². The monoisotopic (exact) mass is 570 g/mol. The predicted octanol–water partition coefficient (Wildman–Crippen LogP) is 6.59. The van der Waals surface area contributed by atoms with Crippen LogP contribution >= 0.6 is 31.9 Å². The molecule has 3 aromatic carbocycles. The summed E-state index contributed by atoms with van der Waals surface area (Å²) < 4.78 is 20.8. The first-order valence-corrected chi connectivity index (χ1v) is 11.9. The Labute approximate surface area is 209 Å². The van der Waals surface area contributed by atoms with Gasteiger partial charge in [0.05, 0.1) is 8.95 Å². The number of nitrogens with zero attached hydrogens (tertiary/aromatic N) is 1. The van der Waals surface area contributed by atoms with Crippen molar-refractivity contribution in [1.82, 2.24) is 5.32 Å². The van der Waals surface area contributed by atoms with E-state index in [2.05, 4.69) is 37.2 Å². The normalized spacial score (nSPS) is 11.0. The van der Waals surface area contributed by atoms with Crippen molar-refractivity contribution in [3.05, 3.63) is 104 Å². The van der Waals surface area contributed by atoms with Gasteiger partial charge in [0.2, 0.25) is 0 Å². The molecule has 0 spiro atoms. The summed E-state index contributed by atoms with van der Waals surface area (Å²) in [5, 5.41) is 12.3. The molecule has 0 saturated carbocycles. The van der Waals surface area contributed by atoms with Gasteiger partial charge in [-0.1, -0.05) is 48.5 Å². The van der Waals surface area contributed by atoms with Crippen molar-refractivity contribution in [3.63, 3.8) is 0 Å². The quantitative estimate of drug-likeness (QED) is 0.179. The topological polar surface area (TPSA) is 62.1 Å². The molecule has 0 aliphatic heterocycles. The molecule has 0 unspecified atom stereocenters. The Morgan fingerprint density at radius 2 is 1.73 bits per heavy atom. The van der Waals surface area contributed by atoms with E-state index in [0.717, 1.165) is 12.8 Å². The molecule has 3 aromatic rings. The van der Waals surface area contributed by atoms with E-state index in [4.69, 9.17) is 4.74 Å². The summed E-state index contributed by atoms with van der Waals surface area (Å²) in [6, 6.07) is 21.9. The van der Waals surface area contributed by atoms with E-state index in [0.29, 0.717) is 32.4 Å². The number of amides is 1. The summed E-state index contributed by atoms with van der Waals surface area (Å²) in [6.07, 6.45) is 3.14. The Hall–Kier alpha value is -2.95. The molecule has 0 heterocycles. The van der Waals surface area contributed by atoms with E-state index in [1.165, 1.54) is 17.7 Å². The number of halogens is 3. The zero-order chi connectivity index (χ0) is 23.6. The molecule has 0 radical (unpaired) electrons. The van der Waals surface area contributed by atoms with Crippen LogP contribution in [0.4, 0.5) is 4.39 Å². The van der Waals surface area contributed by atoms with Crippen LogP contribution in [0.2, 0.25) is 0 Å². The van der Waals surface area contributed by atoms with Crippen molar-refractivity contribution < 1.29 is 13.9 Å². The van der Waals surface area contributed by atoms with E-state index >= 15 is 0 Å². The number of carbonyl (C=O) groups excluding carboxylic acids is 1. The van der Waals surface area contributed by atoms with Gasteiger partial charge in [-0.15, -0.1) is 0 Å². The lowest BCUT2D eigenvalue weighted by atomic mass is 10.1. The molecule has 0 aromatic heterocycles. The summed E-state index contributed by atoms with van der Waals surface area (Å²) in [7, 11) is 0. The molecule has 0 aliphatic rings. The summed E-state index contributed by atoms with van der Waals surface area (Å²) >= 11 is 6.90. The second kappa shape index (κ2) is 12.3. The molecule has 0 bridgehead atoms. The Morgan fingerprint density at radius 3 is 2.39 bits per heavy atom. The van der Waals surface area contributed by atoms with Crippen LogP contribution in [-0.2, 0) is 17.8 Å². The molecular formula is C26H21Br2FN2O2. The summed E-state index contributed by atoms with van der Waals surface area (Å²) in [4.78, 5) is 12.4. The van der Waals surface area contributed by atoms with Gasteiger partial charge in [0.1, 0.15) is 29.8 Å². The lowest BCUT2D eigenvalue weighted by Crippen LogP contribution is -2.25. The van der Waals surface area contributed by atoms with E-state index < -0.39 is 5.91 Å². The highest BCUT2D eigenvalue weighted by atomic mass is 79.9. The number of hydrogen-bond acceptors (Lipinski definition) is 3. The fourth-order valence-electron chi connectivity index (χ4n) is 3.12. The second-order valence-corrected chi connectivity index (χ2v) is 8.92. The number of carbonyl (C=O) groups is 1. The van der Waals surface area contributed by atoms with Gasteiger partial charge in [-0.05, 0) is 80.1 Å². The summed E-state index contributed by atoms with van der Waals surface area (Å²) in [5.41, 5.74) is 2.29. The van der Waals surface area contributed by atoms with Gasteiger partial charge in [-0.25, -0.2) is 4.39 Å². The van der Waals surface area contributed by atoms with Crippen molar-refractivity contribution >= 4 is 43.8 Å². The molecule has 4 nitrogen and oxygen atoms in total. The van der Waals surface area contributed by atoms with E-state index in [1.54, 1.807) is 30.3 Å². The molecular weight excluding hydrogens is 551 g/mol. The number of hydrogen-bond donors (Lipinski definition) is 1. The van der Waals surface area contributed by atoms with Crippen LogP contribution in [0, 0.1) is 17.1 Å². The standard InChI is InChI=1S/C26H21Br2FN2O2/c27-22-14-19(15-23(28)25(22)33-17-20-10-4-5-11-24(20)29)13-21(16-30)26(32)31-12-6-9-18-7-2-1-3-8-18/h1-5,7-8,10-11,13-15H,6,9,12,17H2,(H,31,32)/b21-13-. The molecule has 3 rings (SSSR count). The molecule has 1 amide bonds. The molecule has 33 heavy (non-hydrogen) atoms. The van der Waals surface area contributed by atoms with Crippen LogP contribution in [0.5, 0.6) is 5.75 Å². The maximum atomic E-state index is 13.8. The average molecular weight is 572 g/mol. The smallest absolute Gasteiger partial charge is 0.261 e. The zero-order valence-corrected chi connectivity index (χ0v) is 20.8. The van der Waals surface area contributed by atoms with Crippen LogP contribution < -0.4 is 10.1 Å². The number of benzene rings is 3. The Kier molecular flexibility index (Phi) is 9.23. The maximum Gasteiger partial charge on any atom is 0.261 e. The van der Waals surface area contributed by atoms with Gasteiger partial charge >= 0.3 is 0 Å². The molecule has 1 N–H and O–H groups in total. The third-order valence-corrected chi connectivity index (χ3v) is 5.98. The Balaban J connectivity index is 1.62. The molecule has 0 fully saturated rings. The van der Waals surface area contributed by atoms with Crippen molar-refractivity contribution in [2.24, 2.45) is 0 Å². The first-order chi connectivity index (χ1) is 16.0. The van der Waals surface area contributed by atoms with Gasteiger partial charge < -0.3 is 10.1 Å². The second-order valence-electron chi connectivity index (χ2n) is 7.21. The van der Waals surface area contributed by atoms with Crippen molar-refractivity contribution in [2.45, 2.75) is 19.4 Å². The average Bonchev–Trinajstić information content (AvgIpc) is 2.81. The summed E-state index contributed by atoms with van der Waals surface area (Å²) in [6.45, 7) is 0.539. The van der Waals surface area contributed by atoms with Crippen LogP contribution in [0.25, 0.3) is 6.08 Å². The van der Waals surface area contributed by atoms with Crippen molar-refractivity contribution in [2.75, 3.05) is 6.54 Å². The lowest BCUT2D eigenvalue weighted by Gasteiger charge is -2.12. The van der Waals surface area contributed by atoms with Crippen LogP contribution in [0.3, 0.4) is 0 Å². The largest absolute Gasteiger partial charge is 0.486 e. The minimum Gasteiger partial charge on any atom is -0.486 e. The van der Waals surface area contributed by atoms with E-state index in [1.807, 2.05) is 36.4 Å². The third kappa shape index (κ3) is 7.28. The Bertz CT molecular complexity index is 1170. The fourth-order valence-corrected chi connectivity index (χ4v) is 4.57. The van der Waals surface area contributed by atoms with Crippen molar-refractivity contribution in [3.8, 4) is 11.8 Å². The highest BCUT2D eigenvalue weighted by molar-refractivity contribution is 9.11. The lowest BCUT2D eigenvalue weighted by molar-refractivity contribution is -0.117. The highest BCUT2D eigenvalue weighted by Crippen LogP contribution is 2.36. The molecule has 0 atom stereocenters. The maximum absolute atomic E-state index is 13.8. The number of ether oxygens (including phenoxy) is 1. The number of nitriles is 1. The molecule has 7 heteroatoms. The first kappa shape index (κ1) is 24.7. The minimum atomic E-state index is -0.419. The molecule has 0 aliphatic carbocycles. The first-order valence-electron chi connectivity index (χ1n) is 10.3. The minimum absolute atomic E-state index is 0.00790. The highest BCUT2D eigenvalue weighted by Gasteiger charge is 2.13. The molecule has 168 valence electrons. The van der Waals surface area contributed by atoms with Gasteiger partial charge in [0, 0.05) is 12.1 Å². The SMILES string of the molecule is N#C/C(=C/c1cc(Br)c(OCc2ccccc2F)c(Br)c1)C(=O)NCCCc1ccccc1. The summed E-state index contributed by atoms with van der Waals surface area (Å²) in [5.74, 6) is -0.255. The van der Waals surface area contributed by atoms with Crippen LogP contribution in [0.1, 0.15) is 23.1 Å². The number of nitrogens with one attached hydrogen (secondary N) is 1. The van der Waals surface area contributed by atoms with E-state index in [9.17, 15) is 14.4 Å². The van der Waals surface area contributed by atoms with E-state index in [-0.39, 0.29) is 18.0 Å². The van der Waals surface area contributed by atoms with Gasteiger partial charge in [-0.3, -0.25) is 4.79 Å². The van der Waals surface area contributed by atoms with Crippen LogP contribution in [-0.4, -0.2) is 12.5 Å². The third-order valence-electron chi connectivity index (χ3n) is 4.80. The van der Waals surface area contributed by atoms with Gasteiger partial charge in [-0.2, -0.15) is 5.26 Å². The van der Waals surface area contributed by atoms with Gasteiger partial charge in [0.25, 0.3) is 5.91 Å². The number of rotatable bonds is 9. The number of aryl methyl sites for hydroxylation is 1. The Morgan fingerprint density at radius 1 is 1.06 bits per heavy atom. The zero-order valence-electron chi connectivity index (χ0n) is 17.7. The predicted molar refractivity (Wildman–Crippen MR) is 134 cm³/mol. The van der Waals surface area contributed by atoms with Gasteiger partial charge in [0.15, 0.2) is 0 Å². The molecule has 0 saturated heterocycles. The van der Waals surface area contributed by atoms with Crippen molar-refractivity contribution in [1.29, 1.82) is 5.26 Å². The fraction of sp³-hybridized carbons (Fsp3) is 0.154.